The Bertz CT molecular complexity index is 400. The quantitative estimate of drug-likeness (QED) is 0.645. The second-order valence-electron chi connectivity index (χ2n) is 2.82. The molecule has 1 rings (SSSR count). The van der Waals surface area contributed by atoms with Gasteiger partial charge >= 0.3 is 6.03 Å². The number of aliphatic imine (C=N–C) groups is 1. The molecule has 16 heavy (non-hydrogen) atoms. The molecule has 7 heteroatoms. The maximum Gasteiger partial charge on any atom is 0.339 e. The predicted octanol–water partition coefficient (Wildman–Crippen LogP) is 2.39. The van der Waals surface area contributed by atoms with Gasteiger partial charge in [-0.2, -0.15) is 4.99 Å². The molecule has 0 radical (unpaired) electrons. The molecule has 1 aromatic rings. The molecule has 0 heterocycles. The Hall–Kier alpha value is -0.970. The molecule has 88 valence electrons. The van der Waals surface area contributed by atoms with Gasteiger partial charge < -0.3 is 11.5 Å². The van der Waals surface area contributed by atoms with Gasteiger partial charge in [-0.15, -0.1) is 12.4 Å². The summed E-state index contributed by atoms with van der Waals surface area (Å²) in [7, 11) is 0. The van der Waals surface area contributed by atoms with E-state index in [4.69, 9.17) is 34.7 Å². The molecule has 0 spiro atoms. The van der Waals surface area contributed by atoms with Crippen molar-refractivity contribution in [2.45, 2.75) is 6.42 Å². The van der Waals surface area contributed by atoms with Gasteiger partial charge in [0.1, 0.15) is 5.84 Å². The van der Waals surface area contributed by atoms with Crippen molar-refractivity contribution in [2.75, 3.05) is 0 Å². The van der Waals surface area contributed by atoms with Crippen molar-refractivity contribution in [3.8, 4) is 0 Å². The highest BCUT2D eigenvalue weighted by molar-refractivity contribution is 6.36. The van der Waals surface area contributed by atoms with Crippen LogP contribution in [0.25, 0.3) is 0 Å². The van der Waals surface area contributed by atoms with Gasteiger partial charge in [-0.3, -0.25) is 0 Å². The molecule has 0 fully saturated rings. The van der Waals surface area contributed by atoms with Gasteiger partial charge in [0.05, 0.1) is 0 Å². The van der Waals surface area contributed by atoms with Gasteiger partial charge in [0.25, 0.3) is 0 Å². The van der Waals surface area contributed by atoms with Crippen molar-refractivity contribution in [3.63, 3.8) is 0 Å². The lowest BCUT2D eigenvalue weighted by Crippen LogP contribution is -2.19. The second-order valence-corrected chi connectivity index (χ2v) is 3.63. The van der Waals surface area contributed by atoms with Crippen molar-refractivity contribution >= 4 is 47.5 Å². The van der Waals surface area contributed by atoms with Crippen LogP contribution in [0.2, 0.25) is 10.0 Å². The number of hydrogen-bond acceptors (Lipinski definition) is 1. The molecule has 0 saturated carbocycles. The smallest absolute Gasteiger partial charge is 0.339 e. The standard InChI is InChI=1S/C9H9Cl2N3O.ClH/c10-6-2-1-3-7(11)5(6)4-8(12)14-9(13)15;/h1-3H,4H2,(H4,12,13,14,15);1H. The molecule has 4 N–H and O–H groups in total. The summed E-state index contributed by atoms with van der Waals surface area (Å²) in [5.74, 6) is 0.0810. The summed E-state index contributed by atoms with van der Waals surface area (Å²) in [4.78, 5) is 13.8. The van der Waals surface area contributed by atoms with Crippen LogP contribution < -0.4 is 11.5 Å². The van der Waals surface area contributed by atoms with E-state index in [1.165, 1.54) is 0 Å². The molecule has 4 nitrogen and oxygen atoms in total. The number of carbonyl (C=O) groups excluding carboxylic acids is 1. The van der Waals surface area contributed by atoms with Gasteiger partial charge in [-0.05, 0) is 17.7 Å². The van der Waals surface area contributed by atoms with Crippen LogP contribution in [0.4, 0.5) is 4.79 Å². The second kappa shape index (κ2) is 6.58. The number of carbonyl (C=O) groups is 1. The molecule has 2 amide bonds. The normalized spacial score (nSPS) is 10.8. The summed E-state index contributed by atoms with van der Waals surface area (Å²) in [5, 5.41) is 0.954. The first-order valence-corrected chi connectivity index (χ1v) is 4.81. The number of amidine groups is 1. The minimum atomic E-state index is -0.837. The van der Waals surface area contributed by atoms with Gasteiger partial charge in [-0.1, -0.05) is 29.3 Å². The Balaban J connectivity index is 0.00000225. The fourth-order valence-electron chi connectivity index (χ4n) is 1.06. The third kappa shape index (κ3) is 4.26. The van der Waals surface area contributed by atoms with E-state index in [2.05, 4.69) is 4.99 Å². The maximum atomic E-state index is 10.5. The molecular formula is C9H10Cl3N3O. The summed E-state index contributed by atoms with van der Waals surface area (Å²) in [6, 6.07) is 4.24. The van der Waals surface area contributed by atoms with Gasteiger partial charge in [0.2, 0.25) is 0 Å². The average molecular weight is 283 g/mol. The van der Waals surface area contributed by atoms with Gasteiger partial charge in [0, 0.05) is 16.5 Å². The van der Waals surface area contributed by atoms with E-state index in [0.29, 0.717) is 15.6 Å². The molecule has 0 aliphatic heterocycles. The number of nitrogens with zero attached hydrogens (tertiary/aromatic N) is 1. The molecule has 0 saturated heterocycles. The number of urea groups is 1. The van der Waals surface area contributed by atoms with E-state index in [-0.39, 0.29) is 24.7 Å². The first-order chi connectivity index (χ1) is 7.00. The highest BCUT2D eigenvalue weighted by Crippen LogP contribution is 2.24. The zero-order valence-electron chi connectivity index (χ0n) is 8.11. The Kier molecular flexibility index (Phi) is 6.18. The predicted molar refractivity (Wildman–Crippen MR) is 68.6 cm³/mol. The molecule has 0 unspecified atom stereocenters. The molecule has 0 aliphatic rings. The molecule has 1 aromatic carbocycles. The Morgan fingerprint density at radius 3 is 2.19 bits per heavy atom. The molecule has 0 atom stereocenters. The Morgan fingerprint density at radius 2 is 1.75 bits per heavy atom. The average Bonchev–Trinajstić information content (AvgIpc) is 2.10. The Labute approximate surface area is 109 Å². The summed E-state index contributed by atoms with van der Waals surface area (Å²) in [6.45, 7) is 0. The first kappa shape index (κ1) is 15.0. The number of halogens is 3. The van der Waals surface area contributed by atoms with E-state index in [9.17, 15) is 4.79 Å². The molecule has 0 bridgehead atoms. The van der Waals surface area contributed by atoms with Crippen LogP contribution in [0.15, 0.2) is 23.2 Å². The third-order valence-corrected chi connectivity index (χ3v) is 2.38. The number of primary amides is 1. The van der Waals surface area contributed by atoms with E-state index >= 15 is 0 Å². The van der Waals surface area contributed by atoms with E-state index in [0.717, 1.165) is 0 Å². The van der Waals surface area contributed by atoms with Gasteiger partial charge in [-0.25, -0.2) is 4.79 Å². The highest BCUT2D eigenvalue weighted by atomic mass is 35.5. The summed E-state index contributed by atoms with van der Waals surface area (Å²) in [6.07, 6.45) is 0.196. The van der Waals surface area contributed by atoms with Crippen LogP contribution >= 0.6 is 35.6 Å². The summed E-state index contributed by atoms with van der Waals surface area (Å²) >= 11 is 11.8. The van der Waals surface area contributed by atoms with Crippen molar-refractivity contribution in [1.29, 1.82) is 0 Å². The van der Waals surface area contributed by atoms with Crippen LogP contribution in [0.1, 0.15) is 5.56 Å². The lowest BCUT2D eigenvalue weighted by Gasteiger charge is -2.05. The first-order valence-electron chi connectivity index (χ1n) is 4.06. The minimum Gasteiger partial charge on any atom is -0.387 e. The number of benzene rings is 1. The van der Waals surface area contributed by atoms with Crippen molar-refractivity contribution in [2.24, 2.45) is 16.5 Å². The van der Waals surface area contributed by atoms with Crippen LogP contribution in [-0.4, -0.2) is 11.9 Å². The lowest BCUT2D eigenvalue weighted by atomic mass is 10.1. The summed E-state index contributed by atoms with van der Waals surface area (Å²) < 4.78 is 0. The van der Waals surface area contributed by atoms with Crippen LogP contribution in [0.3, 0.4) is 0 Å². The molecular weight excluding hydrogens is 272 g/mol. The van der Waals surface area contributed by atoms with Crippen molar-refractivity contribution in [3.05, 3.63) is 33.8 Å². The monoisotopic (exact) mass is 281 g/mol. The number of nitrogens with two attached hydrogens (primary N) is 2. The number of hydrogen-bond donors (Lipinski definition) is 2. The SMILES string of the molecule is Cl.NC(=O)N=C(N)Cc1c(Cl)cccc1Cl. The topological polar surface area (TPSA) is 81.5 Å². The zero-order chi connectivity index (χ0) is 11.4. The third-order valence-electron chi connectivity index (χ3n) is 1.67. The van der Waals surface area contributed by atoms with Crippen LogP contribution in [0.5, 0.6) is 0 Å². The largest absolute Gasteiger partial charge is 0.387 e. The minimum absolute atomic E-state index is 0. The van der Waals surface area contributed by atoms with E-state index < -0.39 is 6.03 Å². The molecule has 0 aromatic heterocycles. The van der Waals surface area contributed by atoms with Crippen LogP contribution in [0, 0.1) is 0 Å². The van der Waals surface area contributed by atoms with Gasteiger partial charge in [0.15, 0.2) is 0 Å². The zero-order valence-corrected chi connectivity index (χ0v) is 10.4. The van der Waals surface area contributed by atoms with E-state index in [1.807, 2.05) is 0 Å². The maximum absolute atomic E-state index is 10.5. The van der Waals surface area contributed by atoms with Crippen molar-refractivity contribution < 1.29 is 4.79 Å². The molecule has 0 aliphatic carbocycles. The Morgan fingerprint density at radius 1 is 1.25 bits per heavy atom. The fourth-order valence-corrected chi connectivity index (χ4v) is 1.59. The highest BCUT2D eigenvalue weighted by Gasteiger charge is 2.07. The fraction of sp³-hybridized carbons (Fsp3) is 0.111. The lowest BCUT2D eigenvalue weighted by molar-refractivity contribution is 0.256. The summed E-state index contributed by atoms with van der Waals surface area (Å²) in [5.41, 5.74) is 11.0. The van der Waals surface area contributed by atoms with E-state index in [1.54, 1.807) is 18.2 Å². The number of rotatable bonds is 2. The number of amides is 2. The van der Waals surface area contributed by atoms with Crippen molar-refractivity contribution in [1.82, 2.24) is 0 Å². The van der Waals surface area contributed by atoms with Crippen LogP contribution in [-0.2, 0) is 6.42 Å².